The van der Waals surface area contributed by atoms with E-state index in [-0.39, 0.29) is 6.10 Å². The monoisotopic (exact) mass is 234 g/mol. The lowest BCUT2D eigenvalue weighted by atomic mass is 10.1. The number of Topliss-reactive ketones (excluding diaryl/α,β-unsaturated/α-hetero) is 1. The summed E-state index contributed by atoms with van der Waals surface area (Å²) in [6.07, 6.45) is 3.28. The predicted octanol–water partition coefficient (Wildman–Crippen LogP) is 3.74. The minimum atomic E-state index is 0.200. The Morgan fingerprint density at radius 2 is 1.94 bits per heavy atom. The predicted molar refractivity (Wildman–Crippen MR) is 69.8 cm³/mol. The summed E-state index contributed by atoms with van der Waals surface area (Å²) < 4.78 is 5.82. The molecule has 1 unspecified atom stereocenters. The van der Waals surface area contributed by atoms with Crippen molar-refractivity contribution in [2.75, 3.05) is 0 Å². The van der Waals surface area contributed by atoms with Crippen molar-refractivity contribution >= 4 is 5.78 Å². The minimum Gasteiger partial charge on any atom is -0.374 e. The molecule has 1 atom stereocenters. The van der Waals surface area contributed by atoms with Gasteiger partial charge in [0, 0.05) is 12.8 Å². The molecular weight excluding hydrogens is 212 g/mol. The molecule has 0 aliphatic heterocycles. The zero-order valence-corrected chi connectivity index (χ0v) is 10.8. The van der Waals surface area contributed by atoms with Crippen molar-refractivity contribution in [1.29, 1.82) is 0 Å². The van der Waals surface area contributed by atoms with Gasteiger partial charge in [0.1, 0.15) is 5.78 Å². The molecule has 0 amide bonds. The summed E-state index contributed by atoms with van der Waals surface area (Å²) >= 11 is 0. The van der Waals surface area contributed by atoms with Crippen LogP contribution in [-0.2, 0) is 16.1 Å². The quantitative estimate of drug-likeness (QED) is 0.685. The third kappa shape index (κ3) is 5.64. The molecule has 0 saturated heterocycles. The van der Waals surface area contributed by atoms with Crippen molar-refractivity contribution in [1.82, 2.24) is 0 Å². The van der Waals surface area contributed by atoms with Crippen LogP contribution < -0.4 is 0 Å². The lowest BCUT2D eigenvalue weighted by molar-refractivity contribution is -0.119. The standard InChI is InChI=1S/C15H22O2/c1-3-14(16)10-11-15(4-2)17-12-13-8-6-5-7-9-13/h5-9,15H,3-4,10-12H2,1-2H3. The topological polar surface area (TPSA) is 26.3 Å². The van der Waals surface area contributed by atoms with Crippen molar-refractivity contribution in [2.24, 2.45) is 0 Å². The molecule has 2 nitrogen and oxygen atoms in total. The average Bonchev–Trinajstić information content (AvgIpc) is 2.39. The molecule has 0 bridgehead atoms. The fourth-order valence-electron chi connectivity index (χ4n) is 1.69. The Morgan fingerprint density at radius 3 is 2.53 bits per heavy atom. The fourth-order valence-corrected chi connectivity index (χ4v) is 1.69. The maximum Gasteiger partial charge on any atom is 0.132 e. The number of benzene rings is 1. The molecule has 2 heteroatoms. The van der Waals surface area contributed by atoms with Gasteiger partial charge in [0.05, 0.1) is 12.7 Å². The SMILES string of the molecule is CCC(=O)CCC(CC)OCc1ccccc1. The fraction of sp³-hybridized carbons (Fsp3) is 0.533. The lowest BCUT2D eigenvalue weighted by Crippen LogP contribution is -2.13. The minimum absolute atomic E-state index is 0.200. The Hall–Kier alpha value is -1.15. The molecule has 0 heterocycles. The lowest BCUT2D eigenvalue weighted by Gasteiger charge is -2.15. The summed E-state index contributed by atoms with van der Waals surface area (Å²) in [4.78, 5) is 11.3. The molecule has 0 spiro atoms. The van der Waals surface area contributed by atoms with Crippen LogP contribution in [0.4, 0.5) is 0 Å². The van der Waals surface area contributed by atoms with Gasteiger partial charge in [-0.1, -0.05) is 44.2 Å². The van der Waals surface area contributed by atoms with E-state index in [0.717, 1.165) is 12.8 Å². The van der Waals surface area contributed by atoms with Gasteiger partial charge in [-0.3, -0.25) is 4.79 Å². The Morgan fingerprint density at radius 1 is 1.24 bits per heavy atom. The second-order valence-corrected chi connectivity index (χ2v) is 4.26. The van der Waals surface area contributed by atoms with E-state index in [1.54, 1.807) is 0 Å². The second-order valence-electron chi connectivity index (χ2n) is 4.26. The van der Waals surface area contributed by atoms with Crippen LogP contribution in [0.1, 0.15) is 45.1 Å². The Labute approximate surface area is 104 Å². The Balaban J connectivity index is 2.30. The van der Waals surface area contributed by atoms with Crippen molar-refractivity contribution in [3.63, 3.8) is 0 Å². The first-order chi connectivity index (χ1) is 8.26. The zero-order chi connectivity index (χ0) is 12.5. The van der Waals surface area contributed by atoms with E-state index in [0.29, 0.717) is 25.2 Å². The molecule has 0 aromatic heterocycles. The summed E-state index contributed by atoms with van der Waals surface area (Å²) in [6.45, 7) is 4.65. The van der Waals surface area contributed by atoms with Crippen LogP contribution in [0.15, 0.2) is 30.3 Å². The third-order valence-corrected chi connectivity index (χ3v) is 2.92. The summed E-state index contributed by atoms with van der Waals surface area (Å²) in [5.41, 5.74) is 1.19. The van der Waals surface area contributed by atoms with E-state index < -0.39 is 0 Å². The molecule has 0 saturated carbocycles. The van der Waals surface area contributed by atoms with E-state index >= 15 is 0 Å². The molecule has 1 rings (SSSR count). The first-order valence-corrected chi connectivity index (χ1v) is 6.43. The number of hydrogen-bond donors (Lipinski definition) is 0. The highest BCUT2D eigenvalue weighted by Gasteiger charge is 2.09. The number of hydrogen-bond acceptors (Lipinski definition) is 2. The van der Waals surface area contributed by atoms with Gasteiger partial charge in [0.25, 0.3) is 0 Å². The highest BCUT2D eigenvalue weighted by Crippen LogP contribution is 2.11. The van der Waals surface area contributed by atoms with E-state index in [9.17, 15) is 4.79 Å². The highest BCUT2D eigenvalue weighted by molar-refractivity contribution is 5.77. The molecule has 0 radical (unpaired) electrons. The first kappa shape index (κ1) is 13.9. The van der Waals surface area contributed by atoms with Crippen LogP contribution in [0.5, 0.6) is 0 Å². The van der Waals surface area contributed by atoms with Crippen LogP contribution in [0.25, 0.3) is 0 Å². The van der Waals surface area contributed by atoms with Gasteiger partial charge in [-0.05, 0) is 18.4 Å². The summed E-state index contributed by atoms with van der Waals surface area (Å²) in [5, 5.41) is 0. The van der Waals surface area contributed by atoms with Crippen LogP contribution in [0, 0.1) is 0 Å². The Kier molecular flexibility index (Phi) is 6.56. The first-order valence-electron chi connectivity index (χ1n) is 6.43. The van der Waals surface area contributed by atoms with E-state index in [2.05, 4.69) is 19.1 Å². The van der Waals surface area contributed by atoms with Gasteiger partial charge in [-0.25, -0.2) is 0 Å². The number of ketones is 1. The molecule has 1 aromatic carbocycles. The smallest absolute Gasteiger partial charge is 0.132 e. The zero-order valence-electron chi connectivity index (χ0n) is 10.8. The number of carbonyl (C=O) groups excluding carboxylic acids is 1. The summed E-state index contributed by atoms with van der Waals surface area (Å²) in [6, 6.07) is 10.1. The van der Waals surface area contributed by atoms with Crippen LogP contribution in [0.2, 0.25) is 0 Å². The van der Waals surface area contributed by atoms with Crippen molar-refractivity contribution in [2.45, 2.75) is 52.2 Å². The summed E-state index contributed by atoms with van der Waals surface area (Å²) in [5.74, 6) is 0.326. The number of ether oxygens (including phenoxy) is 1. The van der Waals surface area contributed by atoms with E-state index in [4.69, 9.17) is 4.74 Å². The number of carbonyl (C=O) groups is 1. The molecule has 17 heavy (non-hydrogen) atoms. The Bertz CT molecular complexity index is 319. The molecular formula is C15H22O2. The van der Waals surface area contributed by atoms with Crippen LogP contribution >= 0.6 is 0 Å². The van der Waals surface area contributed by atoms with Crippen LogP contribution in [-0.4, -0.2) is 11.9 Å². The van der Waals surface area contributed by atoms with E-state index in [1.165, 1.54) is 5.56 Å². The van der Waals surface area contributed by atoms with E-state index in [1.807, 2.05) is 25.1 Å². The third-order valence-electron chi connectivity index (χ3n) is 2.92. The van der Waals surface area contributed by atoms with Crippen molar-refractivity contribution in [3.05, 3.63) is 35.9 Å². The molecule has 94 valence electrons. The van der Waals surface area contributed by atoms with Gasteiger partial charge in [0.2, 0.25) is 0 Å². The van der Waals surface area contributed by atoms with Gasteiger partial charge < -0.3 is 4.74 Å². The van der Waals surface area contributed by atoms with Crippen molar-refractivity contribution < 1.29 is 9.53 Å². The van der Waals surface area contributed by atoms with Crippen molar-refractivity contribution in [3.8, 4) is 0 Å². The maximum absolute atomic E-state index is 11.3. The molecule has 0 N–H and O–H groups in total. The molecule has 1 aromatic rings. The molecule has 0 fully saturated rings. The molecule has 0 aliphatic rings. The largest absolute Gasteiger partial charge is 0.374 e. The van der Waals surface area contributed by atoms with Gasteiger partial charge in [0.15, 0.2) is 0 Å². The van der Waals surface area contributed by atoms with Gasteiger partial charge >= 0.3 is 0 Å². The van der Waals surface area contributed by atoms with Gasteiger partial charge in [-0.15, -0.1) is 0 Å². The normalized spacial score (nSPS) is 12.4. The number of rotatable bonds is 8. The maximum atomic E-state index is 11.3. The summed E-state index contributed by atoms with van der Waals surface area (Å²) in [7, 11) is 0. The molecule has 0 aliphatic carbocycles. The highest BCUT2D eigenvalue weighted by atomic mass is 16.5. The van der Waals surface area contributed by atoms with Gasteiger partial charge in [-0.2, -0.15) is 0 Å². The average molecular weight is 234 g/mol. The second kappa shape index (κ2) is 8.02. The van der Waals surface area contributed by atoms with Crippen LogP contribution in [0.3, 0.4) is 0 Å².